The molecule has 0 bridgehead atoms. The lowest BCUT2D eigenvalue weighted by Crippen LogP contribution is -2.16. The van der Waals surface area contributed by atoms with Crippen LogP contribution >= 0.6 is 15.9 Å². The van der Waals surface area contributed by atoms with Gasteiger partial charge in [0.15, 0.2) is 0 Å². The van der Waals surface area contributed by atoms with E-state index >= 15 is 0 Å². The van der Waals surface area contributed by atoms with Crippen LogP contribution in [0.4, 0.5) is 11.4 Å². The third kappa shape index (κ3) is 2.85. The van der Waals surface area contributed by atoms with Crippen molar-refractivity contribution in [3.8, 4) is 0 Å². The monoisotopic (exact) mass is 304 g/mol. The Balaban J connectivity index is 2.19. The highest BCUT2D eigenvalue weighted by Gasteiger charge is 2.05. The molecular formula is C15H17BrN2. The van der Waals surface area contributed by atoms with Crippen molar-refractivity contribution in [1.29, 1.82) is 0 Å². The number of nitrogens with zero attached hydrogens (tertiary/aromatic N) is 1. The fourth-order valence-corrected chi connectivity index (χ4v) is 2.28. The molecule has 0 amide bonds. The van der Waals surface area contributed by atoms with Crippen LogP contribution in [0, 0.1) is 6.92 Å². The van der Waals surface area contributed by atoms with Crippen molar-refractivity contribution < 1.29 is 0 Å². The SMILES string of the molecule is Cc1cc(N(C)Cc2ccccc2Br)ccc1N. The number of rotatable bonds is 3. The second-order valence-electron chi connectivity index (χ2n) is 4.49. The lowest BCUT2D eigenvalue weighted by atomic mass is 10.1. The molecule has 2 rings (SSSR count). The van der Waals surface area contributed by atoms with E-state index in [0.717, 1.165) is 22.3 Å². The highest BCUT2D eigenvalue weighted by atomic mass is 79.9. The number of hydrogen-bond donors (Lipinski definition) is 1. The number of hydrogen-bond acceptors (Lipinski definition) is 2. The summed E-state index contributed by atoms with van der Waals surface area (Å²) in [4.78, 5) is 2.21. The summed E-state index contributed by atoms with van der Waals surface area (Å²) in [5, 5.41) is 0. The van der Waals surface area contributed by atoms with E-state index in [9.17, 15) is 0 Å². The maximum Gasteiger partial charge on any atom is 0.0437 e. The minimum Gasteiger partial charge on any atom is -0.399 e. The number of halogens is 1. The predicted octanol–water partition coefficient (Wildman–Crippen LogP) is 3.98. The van der Waals surface area contributed by atoms with Crippen LogP contribution in [0.1, 0.15) is 11.1 Å². The van der Waals surface area contributed by atoms with Gasteiger partial charge >= 0.3 is 0 Å². The van der Waals surface area contributed by atoms with Gasteiger partial charge in [0.25, 0.3) is 0 Å². The lowest BCUT2D eigenvalue weighted by Gasteiger charge is -2.21. The molecule has 0 aliphatic rings. The Hall–Kier alpha value is -1.48. The van der Waals surface area contributed by atoms with Gasteiger partial charge in [0.1, 0.15) is 0 Å². The summed E-state index contributed by atoms with van der Waals surface area (Å²) < 4.78 is 1.14. The molecule has 0 unspecified atom stereocenters. The molecule has 0 aromatic heterocycles. The van der Waals surface area contributed by atoms with Gasteiger partial charge in [-0.15, -0.1) is 0 Å². The summed E-state index contributed by atoms with van der Waals surface area (Å²) in [6, 6.07) is 14.4. The normalized spacial score (nSPS) is 10.4. The largest absolute Gasteiger partial charge is 0.399 e. The van der Waals surface area contributed by atoms with Gasteiger partial charge in [-0.3, -0.25) is 0 Å². The predicted molar refractivity (Wildman–Crippen MR) is 81.8 cm³/mol. The molecule has 0 saturated heterocycles. The van der Waals surface area contributed by atoms with Crippen molar-refractivity contribution in [3.05, 3.63) is 58.1 Å². The minimum absolute atomic E-state index is 0.841. The molecule has 0 heterocycles. The maximum absolute atomic E-state index is 5.84. The number of nitrogen functional groups attached to an aromatic ring is 1. The Labute approximate surface area is 117 Å². The van der Waals surface area contributed by atoms with E-state index in [1.54, 1.807) is 0 Å². The Morgan fingerprint density at radius 3 is 2.56 bits per heavy atom. The summed E-state index contributed by atoms with van der Waals surface area (Å²) >= 11 is 3.58. The molecule has 0 radical (unpaired) electrons. The van der Waals surface area contributed by atoms with Crippen LogP contribution < -0.4 is 10.6 Å². The molecule has 0 aliphatic carbocycles. The third-order valence-electron chi connectivity index (χ3n) is 3.06. The topological polar surface area (TPSA) is 29.3 Å². The van der Waals surface area contributed by atoms with E-state index < -0.39 is 0 Å². The summed E-state index contributed by atoms with van der Waals surface area (Å²) in [6.07, 6.45) is 0. The van der Waals surface area contributed by atoms with Gasteiger partial charge < -0.3 is 10.6 Å². The van der Waals surface area contributed by atoms with Crippen LogP contribution in [0.3, 0.4) is 0 Å². The van der Waals surface area contributed by atoms with E-state index in [1.165, 1.54) is 11.3 Å². The van der Waals surface area contributed by atoms with E-state index in [-0.39, 0.29) is 0 Å². The molecule has 2 aromatic rings. The molecule has 0 aliphatic heterocycles. The summed E-state index contributed by atoms with van der Waals surface area (Å²) in [5.74, 6) is 0. The Morgan fingerprint density at radius 1 is 1.17 bits per heavy atom. The molecule has 2 aromatic carbocycles. The average Bonchev–Trinajstić information content (AvgIpc) is 2.35. The number of benzene rings is 2. The molecule has 0 atom stereocenters. The maximum atomic E-state index is 5.84. The van der Waals surface area contributed by atoms with Crippen LogP contribution in [0.2, 0.25) is 0 Å². The summed E-state index contributed by atoms with van der Waals surface area (Å²) in [5.41, 5.74) is 10.2. The van der Waals surface area contributed by atoms with Crippen molar-refractivity contribution in [3.63, 3.8) is 0 Å². The van der Waals surface area contributed by atoms with Crippen LogP contribution in [-0.2, 0) is 6.54 Å². The van der Waals surface area contributed by atoms with Crippen LogP contribution in [0.5, 0.6) is 0 Å². The van der Waals surface area contributed by atoms with E-state index in [1.807, 2.05) is 19.1 Å². The summed E-state index contributed by atoms with van der Waals surface area (Å²) in [6.45, 7) is 2.90. The minimum atomic E-state index is 0.841. The Bertz CT molecular complexity index is 552. The van der Waals surface area contributed by atoms with Gasteiger partial charge in [-0.1, -0.05) is 34.1 Å². The molecular weight excluding hydrogens is 288 g/mol. The first-order valence-electron chi connectivity index (χ1n) is 5.88. The van der Waals surface area contributed by atoms with Gasteiger partial charge in [-0.2, -0.15) is 0 Å². The second kappa shape index (κ2) is 5.44. The van der Waals surface area contributed by atoms with Gasteiger partial charge in [-0.05, 0) is 42.3 Å². The molecule has 0 spiro atoms. The highest BCUT2D eigenvalue weighted by Crippen LogP contribution is 2.23. The third-order valence-corrected chi connectivity index (χ3v) is 3.83. The zero-order chi connectivity index (χ0) is 13.1. The molecule has 3 heteroatoms. The molecule has 2 N–H and O–H groups in total. The number of nitrogens with two attached hydrogens (primary N) is 1. The van der Waals surface area contributed by atoms with Crippen molar-refractivity contribution in [1.82, 2.24) is 0 Å². The molecule has 94 valence electrons. The molecule has 2 nitrogen and oxygen atoms in total. The number of anilines is 2. The van der Waals surface area contributed by atoms with Crippen LogP contribution in [-0.4, -0.2) is 7.05 Å². The first-order chi connectivity index (χ1) is 8.58. The quantitative estimate of drug-likeness (QED) is 0.869. The van der Waals surface area contributed by atoms with Crippen molar-refractivity contribution in [2.75, 3.05) is 17.7 Å². The lowest BCUT2D eigenvalue weighted by molar-refractivity contribution is 0.918. The molecule has 0 saturated carbocycles. The zero-order valence-corrected chi connectivity index (χ0v) is 12.2. The fourth-order valence-electron chi connectivity index (χ4n) is 1.87. The zero-order valence-electron chi connectivity index (χ0n) is 10.7. The Kier molecular flexibility index (Phi) is 3.92. The van der Waals surface area contributed by atoms with E-state index in [4.69, 9.17) is 5.73 Å². The van der Waals surface area contributed by atoms with Crippen LogP contribution in [0.25, 0.3) is 0 Å². The second-order valence-corrected chi connectivity index (χ2v) is 5.34. The first-order valence-corrected chi connectivity index (χ1v) is 6.68. The van der Waals surface area contributed by atoms with Gasteiger partial charge in [0, 0.05) is 29.4 Å². The molecule has 0 fully saturated rings. The van der Waals surface area contributed by atoms with Crippen molar-refractivity contribution in [2.45, 2.75) is 13.5 Å². The standard InChI is InChI=1S/C15H17BrN2/c1-11-9-13(7-8-15(11)17)18(2)10-12-5-3-4-6-14(12)16/h3-9H,10,17H2,1-2H3. The van der Waals surface area contributed by atoms with Gasteiger partial charge in [-0.25, -0.2) is 0 Å². The highest BCUT2D eigenvalue weighted by molar-refractivity contribution is 9.10. The molecule has 18 heavy (non-hydrogen) atoms. The van der Waals surface area contributed by atoms with Crippen molar-refractivity contribution >= 4 is 27.3 Å². The van der Waals surface area contributed by atoms with Crippen molar-refractivity contribution in [2.24, 2.45) is 0 Å². The smallest absolute Gasteiger partial charge is 0.0437 e. The first kappa shape index (κ1) is 13.0. The van der Waals surface area contributed by atoms with E-state index in [2.05, 4.69) is 58.2 Å². The van der Waals surface area contributed by atoms with E-state index in [0.29, 0.717) is 0 Å². The Morgan fingerprint density at radius 2 is 1.89 bits per heavy atom. The van der Waals surface area contributed by atoms with Crippen LogP contribution in [0.15, 0.2) is 46.9 Å². The fraction of sp³-hybridized carbons (Fsp3) is 0.200. The van der Waals surface area contributed by atoms with Gasteiger partial charge in [0.2, 0.25) is 0 Å². The number of aryl methyl sites for hydroxylation is 1. The average molecular weight is 305 g/mol. The van der Waals surface area contributed by atoms with Gasteiger partial charge in [0.05, 0.1) is 0 Å². The summed E-state index contributed by atoms with van der Waals surface area (Å²) in [7, 11) is 2.09.